The van der Waals surface area contributed by atoms with Crippen LogP contribution in [0.25, 0.3) is 0 Å². The molecule has 3 nitrogen and oxygen atoms in total. The molecule has 0 unspecified atom stereocenters. The first-order chi connectivity index (χ1) is 5.95. The lowest BCUT2D eigenvalue weighted by Crippen LogP contribution is -2.37. The lowest BCUT2D eigenvalue weighted by atomic mass is 10.1. The third-order valence-corrected chi connectivity index (χ3v) is 3.05. The van der Waals surface area contributed by atoms with E-state index in [4.69, 9.17) is 5.11 Å². The van der Waals surface area contributed by atoms with Crippen LogP contribution in [-0.2, 0) is 6.61 Å². The summed E-state index contributed by atoms with van der Waals surface area (Å²) < 4.78 is 0. The Morgan fingerprint density at radius 3 is 2.54 bits per heavy atom. The minimum absolute atomic E-state index is 0.0740. The van der Waals surface area contributed by atoms with Gasteiger partial charge in [0.1, 0.15) is 0 Å². The maximum Gasteiger partial charge on any atom is 0.185 e. The Bertz CT molecular complexity index is 277. The topological polar surface area (TPSA) is 36.4 Å². The molecule has 13 heavy (non-hydrogen) atoms. The average Bonchev–Trinajstić information content (AvgIpc) is 2.48. The molecular formula is C9H16N2OS. The van der Waals surface area contributed by atoms with Gasteiger partial charge in [0.05, 0.1) is 11.5 Å². The van der Waals surface area contributed by atoms with Gasteiger partial charge in [-0.2, -0.15) is 0 Å². The van der Waals surface area contributed by atoms with Crippen molar-refractivity contribution in [3.05, 3.63) is 11.1 Å². The van der Waals surface area contributed by atoms with Crippen LogP contribution in [0.15, 0.2) is 6.20 Å². The first-order valence-corrected chi connectivity index (χ1v) is 5.06. The normalized spacial score (nSPS) is 11.8. The van der Waals surface area contributed by atoms with Crippen LogP contribution in [0.3, 0.4) is 0 Å². The highest BCUT2D eigenvalue weighted by atomic mass is 32.1. The summed E-state index contributed by atoms with van der Waals surface area (Å²) in [6.45, 7) is 6.47. The number of hydrogen-bond acceptors (Lipinski definition) is 4. The van der Waals surface area contributed by atoms with Crippen LogP contribution in [0.2, 0.25) is 0 Å². The lowest BCUT2D eigenvalue weighted by Gasteiger charge is -2.31. The van der Waals surface area contributed by atoms with Crippen molar-refractivity contribution in [2.75, 3.05) is 11.9 Å². The van der Waals surface area contributed by atoms with Crippen molar-refractivity contribution >= 4 is 16.5 Å². The standard InChI is InChI=1S/C9H16N2OS/c1-9(2,3)11(4)8-10-5-7(6-12)13-8/h5,12H,6H2,1-4H3. The van der Waals surface area contributed by atoms with E-state index in [2.05, 4.69) is 30.7 Å². The number of aliphatic hydroxyl groups excluding tert-OH is 1. The molecule has 74 valence electrons. The molecule has 1 heterocycles. The van der Waals surface area contributed by atoms with Crippen LogP contribution < -0.4 is 4.90 Å². The van der Waals surface area contributed by atoms with Gasteiger partial charge in [-0.05, 0) is 20.8 Å². The SMILES string of the molecule is CN(c1ncc(CO)s1)C(C)(C)C. The van der Waals surface area contributed by atoms with Crippen molar-refractivity contribution in [3.63, 3.8) is 0 Å². The quantitative estimate of drug-likeness (QED) is 0.791. The summed E-state index contributed by atoms with van der Waals surface area (Å²) in [6.07, 6.45) is 1.72. The molecule has 0 radical (unpaired) electrons. The summed E-state index contributed by atoms with van der Waals surface area (Å²) in [6, 6.07) is 0. The first kappa shape index (κ1) is 10.5. The van der Waals surface area contributed by atoms with Crippen LogP contribution >= 0.6 is 11.3 Å². The van der Waals surface area contributed by atoms with Crippen LogP contribution in [0.5, 0.6) is 0 Å². The number of nitrogens with zero attached hydrogens (tertiary/aromatic N) is 2. The van der Waals surface area contributed by atoms with Crippen LogP contribution in [0.1, 0.15) is 25.6 Å². The second-order valence-electron chi connectivity index (χ2n) is 4.00. The van der Waals surface area contributed by atoms with Gasteiger partial charge in [0.25, 0.3) is 0 Å². The summed E-state index contributed by atoms with van der Waals surface area (Å²) >= 11 is 1.53. The van der Waals surface area contributed by atoms with Crippen molar-refractivity contribution in [1.82, 2.24) is 4.98 Å². The Balaban J connectivity index is 2.83. The van der Waals surface area contributed by atoms with E-state index in [0.29, 0.717) is 0 Å². The zero-order valence-corrected chi connectivity index (χ0v) is 9.35. The van der Waals surface area contributed by atoms with Crippen molar-refractivity contribution in [2.24, 2.45) is 0 Å². The molecule has 0 aliphatic heterocycles. The summed E-state index contributed by atoms with van der Waals surface area (Å²) in [4.78, 5) is 7.25. The molecule has 1 rings (SSSR count). The molecule has 0 saturated heterocycles. The highest BCUT2D eigenvalue weighted by Gasteiger charge is 2.19. The molecule has 0 atom stereocenters. The number of aromatic nitrogens is 1. The monoisotopic (exact) mass is 200 g/mol. The molecule has 0 fully saturated rings. The second kappa shape index (κ2) is 3.64. The molecule has 0 amide bonds. The Labute approximate surface area is 83.0 Å². The van der Waals surface area contributed by atoms with E-state index in [1.165, 1.54) is 11.3 Å². The molecule has 0 spiro atoms. The maximum atomic E-state index is 8.89. The summed E-state index contributed by atoms with van der Waals surface area (Å²) in [5.41, 5.74) is 0.0740. The van der Waals surface area contributed by atoms with Crippen LogP contribution in [-0.4, -0.2) is 22.7 Å². The molecule has 0 aliphatic rings. The van der Waals surface area contributed by atoms with Crippen molar-refractivity contribution in [2.45, 2.75) is 32.9 Å². The van der Waals surface area contributed by atoms with E-state index in [9.17, 15) is 0 Å². The predicted octanol–water partition coefficient (Wildman–Crippen LogP) is 1.87. The number of hydrogen-bond donors (Lipinski definition) is 1. The smallest absolute Gasteiger partial charge is 0.185 e. The van der Waals surface area contributed by atoms with Crippen molar-refractivity contribution < 1.29 is 5.11 Å². The van der Waals surface area contributed by atoms with Gasteiger partial charge in [-0.25, -0.2) is 4.98 Å². The van der Waals surface area contributed by atoms with Gasteiger partial charge in [-0.15, -0.1) is 0 Å². The van der Waals surface area contributed by atoms with Crippen molar-refractivity contribution in [1.29, 1.82) is 0 Å². The predicted molar refractivity (Wildman–Crippen MR) is 56.2 cm³/mol. The maximum absolute atomic E-state index is 8.89. The van der Waals surface area contributed by atoms with E-state index < -0.39 is 0 Å². The van der Waals surface area contributed by atoms with Gasteiger partial charge in [0.15, 0.2) is 5.13 Å². The van der Waals surface area contributed by atoms with Crippen LogP contribution in [0, 0.1) is 0 Å². The second-order valence-corrected chi connectivity index (χ2v) is 5.09. The summed E-state index contributed by atoms with van der Waals surface area (Å²) in [5, 5.41) is 9.84. The molecule has 1 N–H and O–H groups in total. The van der Waals surface area contributed by atoms with Gasteiger partial charge in [-0.1, -0.05) is 11.3 Å². The molecule has 1 aromatic rings. The fourth-order valence-electron chi connectivity index (χ4n) is 0.812. The minimum atomic E-state index is 0.0740. The Morgan fingerprint density at radius 1 is 1.54 bits per heavy atom. The van der Waals surface area contributed by atoms with E-state index >= 15 is 0 Å². The van der Waals surface area contributed by atoms with E-state index in [0.717, 1.165) is 10.0 Å². The summed E-state index contributed by atoms with van der Waals surface area (Å²) in [7, 11) is 2.01. The number of anilines is 1. The highest BCUT2D eigenvalue weighted by Crippen LogP contribution is 2.26. The Hall–Kier alpha value is -0.610. The third-order valence-electron chi connectivity index (χ3n) is 1.99. The number of rotatable bonds is 2. The van der Waals surface area contributed by atoms with Crippen LogP contribution in [0.4, 0.5) is 5.13 Å². The van der Waals surface area contributed by atoms with E-state index in [1.807, 2.05) is 7.05 Å². The van der Waals surface area contributed by atoms with Gasteiger partial charge in [-0.3, -0.25) is 0 Å². The van der Waals surface area contributed by atoms with E-state index in [-0.39, 0.29) is 12.1 Å². The average molecular weight is 200 g/mol. The van der Waals surface area contributed by atoms with Crippen molar-refractivity contribution in [3.8, 4) is 0 Å². The Morgan fingerprint density at radius 2 is 2.15 bits per heavy atom. The van der Waals surface area contributed by atoms with Gasteiger partial charge >= 0.3 is 0 Å². The zero-order chi connectivity index (χ0) is 10.1. The molecule has 1 aromatic heterocycles. The molecule has 0 aromatic carbocycles. The Kier molecular flexibility index (Phi) is 2.93. The molecule has 0 bridgehead atoms. The number of aliphatic hydroxyl groups is 1. The van der Waals surface area contributed by atoms with Gasteiger partial charge < -0.3 is 10.0 Å². The fraction of sp³-hybridized carbons (Fsp3) is 0.667. The fourth-order valence-corrected chi connectivity index (χ4v) is 1.73. The van der Waals surface area contributed by atoms with Gasteiger partial charge in [0.2, 0.25) is 0 Å². The first-order valence-electron chi connectivity index (χ1n) is 4.24. The molecule has 0 saturated carbocycles. The third kappa shape index (κ3) is 2.42. The molecule has 0 aliphatic carbocycles. The largest absolute Gasteiger partial charge is 0.391 e. The minimum Gasteiger partial charge on any atom is -0.391 e. The van der Waals surface area contributed by atoms with Gasteiger partial charge in [0, 0.05) is 18.8 Å². The highest BCUT2D eigenvalue weighted by molar-refractivity contribution is 7.15. The molecule has 4 heteroatoms. The summed E-state index contributed by atoms with van der Waals surface area (Å²) in [5.74, 6) is 0. The van der Waals surface area contributed by atoms with E-state index in [1.54, 1.807) is 6.20 Å². The zero-order valence-electron chi connectivity index (χ0n) is 8.53. The lowest BCUT2D eigenvalue weighted by molar-refractivity contribution is 0.285. The molecular weight excluding hydrogens is 184 g/mol. The number of thiazole rings is 1.